The summed E-state index contributed by atoms with van der Waals surface area (Å²) >= 11 is 0. The number of nitrogens with one attached hydrogen (secondary N) is 3. The van der Waals surface area contributed by atoms with E-state index in [0.717, 1.165) is 4.90 Å². The van der Waals surface area contributed by atoms with Crippen LogP contribution in [0.25, 0.3) is 0 Å². The molecule has 0 spiro atoms. The number of nitrogens with zero attached hydrogens (tertiary/aromatic N) is 1. The Morgan fingerprint density at radius 1 is 0.902 bits per heavy atom. The molecule has 15 nitrogen and oxygen atoms in total. The molecule has 0 heterocycles. The predicted molar refractivity (Wildman–Crippen MR) is 145 cm³/mol. The van der Waals surface area contributed by atoms with Crippen molar-refractivity contribution in [2.75, 3.05) is 20.6 Å². The average Bonchev–Trinajstić information content (AvgIpc) is 2.92. The molecule has 15 heteroatoms. The Kier molecular flexibility index (Phi) is 15.1. The summed E-state index contributed by atoms with van der Waals surface area (Å²) in [5, 5.41) is 16.0. The molecule has 0 aliphatic rings. The SMILES string of the molecule is CN(C)C(=O)[C@H](CC(N)=O)NC(=O)C(=O)[C@H](CCCCN)NC(=O)[C@H](CCC(=O)O)NC(=O)OCc1ccccc1. The zero-order valence-electron chi connectivity index (χ0n) is 23.1. The monoisotopic (exact) mass is 578 g/mol. The van der Waals surface area contributed by atoms with Gasteiger partial charge in [-0.3, -0.25) is 28.8 Å². The lowest BCUT2D eigenvalue weighted by Gasteiger charge is -2.24. The van der Waals surface area contributed by atoms with E-state index in [-0.39, 0.29) is 26.0 Å². The second-order valence-corrected chi connectivity index (χ2v) is 9.33. The van der Waals surface area contributed by atoms with Crippen molar-refractivity contribution >= 4 is 41.5 Å². The number of ketones is 1. The Balaban J connectivity index is 3.04. The van der Waals surface area contributed by atoms with Gasteiger partial charge in [-0.05, 0) is 37.8 Å². The van der Waals surface area contributed by atoms with Crippen LogP contribution in [-0.4, -0.2) is 90.2 Å². The molecule has 0 unspecified atom stereocenters. The number of alkyl carbamates (subject to hydrolysis) is 1. The molecule has 1 aromatic carbocycles. The molecule has 0 saturated carbocycles. The fraction of sp³-hybridized carbons (Fsp3) is 0.500. The third-order valence-electron chi connectivity index (χ3n) is 5.72. The zero-order valence-corrected chi connectivity index (χ0v) is 23.1. The second-order valence-electron chi connectivity index (χ2n) is 9.33. The lowest BCUT2D eigenvalue weighted by atomic mass is 10.0. The van der Waals surface area contributed by atoms with E-state index >= 15 is 0 Å². The topological polar surface area (TPSA) is 240 Å². The molecule has 5 amide bonds. The number of amides is 5. The summed E-state index contributed by atoms with van der Waals surface area (Å²) in [6.45, 7) is 0.160. The summed E-state index contributed by atoms with van der Waals surface area (Å²) in [6.07, 6.45) is -1.64. The molecule has 8 N–H and O–H groups in total. The van der Waals surface area contributed by atoms with E-state index in [0.29, 0.717) is 18.4 Å². The van der Waals surface area contributed by atoms with Gasteiger partial charge in [0, 0.05) is 20.5 Å². The summed E-state index contributed by atoms with van der Waals surface area (Å²) in [5.74, 6) is -6.11. The molecule has 0 saturated heterocycles. The lowest BCUT2D eigenvalue weighted by molar-refractivity contribution is -0.143. The van der Waals surface area contributed by atoms with Crippen molar-refractivity contribution in [3.8, 4) is 0 Å². The molecule has 0 aliphatic carbocycles. The van der Waals surface area contributed by atoms with Gasteiger partial charge in [0.1, 0.15) is 18.7 Å². The van der Waals surface area contributed by atoms with Crippen molar-refractivity contribution in [3.63, 3.8) is 0 Å². The van der Waals surface area contributed by atoms with Crippen LogP contribution < -0.4 is 27.4 Å². The Labute approximate surface area is 237 Å². The first-order chi connectivity index (χ1) is 19.3. The van der Waals surface area contributed by atoms with Crippen LogP contribution in [0.15, 0.2) is 30.3 Å². The lowest BCUT2D eigenvalue weighted by Crippen LogP contribution is -2.56. The summed E-state index contributed by atoms with van der Waals surface area (Å²) < 4.78 is 5.11. The highest BCUT2D eigenvalue weighted by molar-refractivity contribution is 6.38. The Bertz CT molecular complexity index is 1080. The number of carboxylic acids is 1. The number of carbonyl (C=O) groups is 7. The smallest absolute Gasteiger partial charge is 0.408 e. The number of unbranched alkanes of at least 4 members (excludes halogenated alkanes) is 1. The first kappa shape index (κ1) is 34.5. The van der Waals surface area contributed by atoms with Crippen molar-refractivity contribution < 1.29 is 43.4 Å². The molecule has 0 aromatic heterocycles. The number of aliphatic carboxylic acids is 1. The normalized spacial score (nSPS) is 12.7. The van der Waals surface area contributed by atoms with E-state index < -0.39 is 72.4 Å². The Morgan fingerprint density at radius 3 is 2.12 bits per heavy atom. The van der Waals surface area contributed by atoms with Crippen molar-refractivity contribution in [1.82, 2.24) is 20.9 Å². The number of nitrogens with two attached hydrogens (primary N) is 2. The third-order valence-corrected chi connectivity index (χ3v) is 5.72. The molecule has 0 fully saturated rings. The summed E-state index contributed by atoms with van der Waals surface area (Å²) in [5.41, 5.74) is 11.4. The summed E-state index contributed by atoms with van der Waals surface area (Å²) in [4.78, 5) is 87.3. The van der Waals surface area contributed by atoms with Crippen LogP contribution in [0.4, 0.5) is 4.79 Å². The zero-order chi connectivity index (χ0) is 30.9. The number of hydrogen-bond acceptors (Lipinski definition) is 9. The van der Waals surface area contributed by atoms with Crippen LogP contribution in [0.2, 0.25) is 0 Å². The molecule has 226 valence electrons. The van der Waals surface area contributed by atoms with Crippen LogP contribution >= 0.6 is 0 Å². The Hall–Kier alpha value is -4.53. The summed E-state index contributed by atoms with van der Waals surface area (Å²) in [7, 11) is 2.77. The molecule has 0 aliphatic heterocycles. The van der Waals surface area contributed by atoms with Crippen molar-refractivity contribution in [1.29, 1.82) is 0 Å². The highest BCUT2D eigenvalue weighted by Gasteiger charge is 2.33. The van der Waals surface area contributed by atoms with Gasteiger partial charge in [-0.1, -0.05) is 30.3 Å². The first-order valence-electron chi connectivity index (χ1n) is 12.9. The number of hydrogen-bond donors (Lipinski definition) is 6. The maximum atomic E-state index is 13.1. The third kappa shape index (κ3) is 13.4. The minimum absolute atomic E-state index is 0.0264. The van der Waals surface area contributed by atoms with Crippen molar-refractivity contribution in [2.24, 2.45) is 11.5 Å². The van der Waals surface area contributed by atoms with Gasteiger partial charge in [-0.2, -0.15) is 0 Å². The van der Waals surface area contributed by atoms with Crippen LogP contribution in [0.3, 0.4) is 0 Å². The second kappa shape index (κ2) is 17.9. The molecule has 0 radical (unpaired) electrons. The number of carbonyl (C=O) groups excluding carboxylic acids is 6. The number of ether oxygens (including phenoxy) is 1. The molecular weight excluding hydrogens is 540 g/mol. The number of carboxylic acid groups (broad SMARTS) is 1. The number of Topliss-reactive ketones (excluding diaryl/α,β-unsaturated/α-hetero) is 1. The fourth-order valence-electron chi connectivity index (χ4n) is 3.58. The van der Waals surface area contributed by atoms with Crippen LogP contribution in [0.1, 0.15) is 44.1 Å². The highest BCUT2D eigenvalue weighted by atomic mass is 16.5. The maximum absolute atomic E-state index is 13.1. The Morgan fingerprint density at radius 2 is 1.56 bits per heavy atom. The van der Waals surface area contributed by atoms with Gasteiger partial charge in [0.15, 0.2) is 0 Å². The number of likely N-dealkylation sites (N-methyl/N-ethyl adjacent to an activating group) is 1. The minimum Gasteiger partial charge on any atom is -0.481 e. The van der Waals surface area contributed by atoms with Gasteiger partial charge in [0.2, 0.25) is 23.5 Å². The highest BCUT2D eigenvalue weighted by Crippen LogP contribution is 2.07. The van der Waals surface area contributed by atoms with Gasteiger partial charge >= 0.3 is 12.1 Å². The number of benzene rings is 1. The van der Waals surface area contributed by atoms with Crippen molar-refractivity contribution in [3.05, 3.63) is 35.9 Å². The average molecular weight is 579 g/mol. The van der Waals surface area contributed by atoms with Gasteiger partial charge in [-0.25, -0.2) is 4.79 Å². The van der Waals surface area contributed by atoms with Crippen LogP contribution in [-0.2, 0) is 40.1 Å². The van der Waals surface area contributed by atoms with E-state index in [2.05, 4.69) is 16.0 Å². The first-order valence-corrected chi connectivity index (χ1v) is 12.9. The fourth-order valence-corrected chi connectivity index (χ4v) is 3.58. The number of rotatable bonds is 18. The molecular formula is C26H38N6O9. The minimum atomic E-state index is -1.42. The molecule has 1 rings (SSSR count). The maximum Gasteiger partial charge on any atom is 0.408 e. The molecule has 3 atom stereocenters. The summed E-state index contributed by atoms with van der Waals surface area (Å²) in [6, 6.07) is 4.44. The molecule has 0 bridgehead atoms. The largest absolute Gasteiger partial charge is 0.481 e. The molecule has 1 aromatic rings. The number of primary amides is 1. The molecule has 41 heavy (non-hydrogen) atoms. The van der Waals surface area contributed by atoms with Gasteiger partial charge in [0.25, 0.3) is 5.91 Å². The van der Waals surface area contributed by atoms with Crippen LogP contribution in [0.5, 0.6) is 0 Å². The van der Waals surface area contributed by atoms with E-state index in [1.807, 2.05) is 0 Å². The van der Waals surface area contributed by atoms with E-state index in [4.69, 9.17) is 21.3 Å². The van der Waals surface area contributed by atoms with E-state index in [1.165, 1.54) is 14.1 Å². The van der Waals surface area contributed by atoms with Crippen LogP contribution in [0, 0.1) is 0 Å². The van der Waals surface area contributed by atoms with Gasteiger partial charge in [-0.15, -0.1) is 0 Å². The standard InChI is InChI=1S/C26H38N6O9/c1-32(2)25(39)19(14-20(28)33)30-24(38)22(36)17(10-6-7-13-27)29-23(37)18(11-12-21(34)35)31-26(40)41-15-16-8-4-3-5-9-16/h3-5,8-9,17-19H,6-7,10-15,27H2,1-2H3,(H2,28,33)(H,29,37)(H,30,38)(H,31,40)(H,34,35)/t17-,18-,19-/m0/s1. The van der Waals surface area contributed by atoms with Crippen molar-refractivity contribution in [2.45, 2.75) is 63.3 Å². The quantitative estimate of drug-likeness (QED) is 0.0895. The van der Waals surface area contributed by atoms with Gasteiger partial charge < -0.3 is 42.2 Å². The van der Waals surface area contributed by atoms with Gasteiger partial charge in [0.05, 0.1) is 12.5 Å². The predicted octanol–water partition coefficient (Wildman–Crippen LogP) is -1.22. The van der Waals surface area contributed by atoms with E-state index in [1.54, 1.807) is 30.3 Å². The van der Waals surface area contributed by atoms with E-state index in [9.17, 15) is 33.6 Å².